The summed E-state index contributed by atoms with van der Waals surface area (Å²) in [5.74, 6) is -0.812. The first-order valence-corrected chi connectivity index (χ1v) is 7.48. The van der Waals surface area contributed by atoms with Crippen molar-refractivity contribution in [2.24, 2.45) is 0 Å². The van der Waals surface area contributed by atoms with Crippen LogP contribution in [0.1, 0.15) is 0 Å². The maximum Gasteiger partial charge on any atom is 0.341 e. The van der Waals surface area contributed by atoms with Crippen LogP contribution in [0.5, 0.6) is 5.75 Å². The lowest BCUT2D eigenvalue weighted by Crippen LogP contribution is -2.13. The van der Waals surface area contributed by atoms with Crippen molar-refractivity contribution in [3.63, 3.8) is 0 Å². The molecule has 0 atom stereocenters. The molecule has 21 heavy (non-hydrogen) atoms. The fourth-order valence-electron chi connectivity index (χ4n) is 1.58. The number of benzene rings is 2. The topological polar surface area (TPSA) is 92.7 Å². The fourth-order valence-corrected chi connectivity index (χ4v) is 2.64. The molecule has 2 rings (SSSR count). The quantitative estimate of drug-likeness (QED) is 0.851. The summed E-state index contributed by atoms with van der Waals surface area (Å²) in [6.07, 6.45) is 0. The molecule has 0 fully saturated rings. The highest BCUT2D eigenvalue weighted by molar-refractivity contribution is 7.92. The summed E-state index contributed by atoms with van der Waals surface area (Å²) in [5.41, 5.74) is 0.462. The van der Waals surface area contributed by atoms with E-state index in [0.29, 0.717) is 5.69 Å². The number of carbonyl (C=O) groups is 1. The summed E-state index contributed by atoms with van der Waals surface area (Å²) in [6, 6.07) is 14.0. The van der Waals surface area contributed by atoms with Gasteiger partial charge in [0.1, 0.15) is 5.75 Å². The van der Waals surface area contributed by atoms with E-state index in [2.05, 4.69) is 4.72 Å². The number of hydrogen-bond acceptors (Lipinski definition) is 4. The van der Waals surface area contributed by atoms with Gasteiger partial charge in [-0.2, -0.15) is 0 Å². The molecule has 0 bridgehead atoms. The zero-order valence-corrected chi connectivity index (χ0v) is 11.7. The van der Waals surface area contributed by atoms with E-state index in [4.69, 9.17) is 9.84 Å². The van der Waals surface area contributed by atoms with Gasteiger partial charge in [0.15, 0.2) is 6.61 Å². The van der Waals surface area contributed by atoms with E-state index in [1.807, 2.05) is 0 Å². The van der Waals surface area contributed by atoms with Crippen molar-refractivity contribution in [1.29, 1.82) is 0 Å². The predicted octanol–water partition coefficient (Wildman–Crippen LogP) is 1.95. The Morgan fingerprint density at radius 1 is 1.05 bits per heavy atom. The summed E-state index contributed by atoms with van der Waals surface area (Å²) in [5, 5.41) is 8.49. The van der Waals surface area contributed by atoms with Crippen molar-refractivity contribution >= 4 is 21.7 Å². The number of para-hydroxylation sites is 1. The van der Waals surface area contributed by atoms with Gasteiger partial charge in [-0.1, -0.05) is 18.2 Å². The molecule has 2 aromatic carbocycles. The van der Waals surface area contributed by atoms with Gasteiger partial charge in [-0.3, -0.25) is 4.72 Å². The van der Waals surface area contributed by atoms with Crippen LogP contribution >= 0.6 is 0 Å². The molecule has 0 spiro atoms. The van der Waals surface area contributed by atoms with Crippen LogP contribution in [-0.2, 0) is 14.8 Å². The molecular weight excluding hydrogens is 294 g/mol. The van der Waals surface area contributed by atoms with Crippen LogP contribution in [-0.4, -0.2) is 26.1 Å². The summed E-state index contributed by atoms with van der Waals surface area (Å²) < 4.78 is 31.6. The third kappa shape index (κ3) is 4.22. The standard InChI is InChI=1S/C14H13NO5S/c16-14(17)10-20-12-6-8-13(9-7-12)21(18,19)15-11-4-2-1-3-5-11/h1-9,15H,10H2,(H,16,17). The van der Waals surface area contributed by atoms with Crippen LogP contribution in [0.15, 0.2) is 59.5 Å². The van der Waals surface area contributed by atoms with Crippen LogP contribution in [0, 0.1) is 0 Å². The van der Waals surface area contributed by atoms with Crippen LogP contribution in [0.2, 0.25) is 0 Å². The normalized spacial score (nSPS) is 10.9. The molecule has 2 N–H and O–H groups in total. The van der Waals surface area contributed by atoms with Crippen molar-refractivity contribution < 1.29 is 23.1 Å². The van der Waals surface area contributed by atoms with Gasteiger partial charge in [0, 0.05) is 5.69 Å². The second-order valence-corrected chi connectivity index (χ2v) is 5.81. The summed E-state index contributed by atoms with van der Waals surface area (Å²) in [4.78, 5) is 10.4. The van der Waals surface area contributed by atoms with E-state index in [0.717, 1.165) is 0 Å². The molecule has 0 aromatic heterocycles. The minimum atomic E-state index is -3.68. The van der Waals surface area contributed by atoms with Gasteiger partial charge in [0.2, 0.25) is 0 Å². The molecule has 6 nitrogen and oxygen atoms in total. The van der Waals surface area contributed by atoms with Gasteiger partial charge in [-0.15, -0.1) is 0 Å². The van der Waals surface area contributed by atoms with E-state index in [1.54, 1.807) is 30.3 Å². The summed E-state index contributed by atoms with van der Waals surface area (Å²) in [7, 11) is -3.68. The Morgan fingerprint density at radius 2 is 1.67 bits per heavy atom. The average molecular weight is 307 g/mol. The second kappa shape index (κ2) is 6.27. The third-order valence-electron chi connectivity index (χ3n) is 2.52. The monoisotopic (exact) mass is 307 g/mol. The van der Waals surface area contributed by atoms with E-state index in [9.17, 15) is 13.2 Å². The Kier molecular flexibility index (Phi) is 4.44. The number of anilines is 1. The largest absolute Gasteiger partial charge is 0.482 e. The van der Waals surface area contributed by atoms with Gasteiger partial charge >= 0.3 is 5.97 Å². The highest BCUT2D eigenvalue weighted by Gasteiger charge is 2.14. The maximum atomic E-state index is 12.1. The van der Waals surface area contributed by atoms with Gasteiger partial charge in [-0.05, 0) is 36.4 Å². The van der Waals surface area contributed by atoms with Crippen molar-refractivity contribution in [2.75, 3.05) is 11.3 Å². The smallest absolute Gasteiger partial charge is 0.341 e. The van der Waals surface area contributed by atoms with Crippen LogP contribution in [0.4, 0.5) is 5.69 Å². The van der Waals surface area contributed by atoms with E-state index >= 15 is 0 Å². The molecular formula is C14H13NO5S. The molecule has 0 saturated carbocycles. The van der Waals surface area contributed by atoms with Crippen molar-refractivity contribution in [1.82, 2.24) is 0 Å². The van der Waals surface area contributed by atoms with Crippen molar-refractivity contribution in [3.05, 3.63) is 54.6 Å². The number of rotatable bonds is 6. The van der Waals surface area contributed by atoms with Crippen LogP contribution in [0.3, 0.4) is 0 Å². The van der Waals surface area contributed by atoms with Gasteiger partial charge in [0.25, 0.3) is 10.0 Å². The lowest BCUT2D eigenvalue weighted by Gasteiger charge is -2.09. The molecule has 0 unspecified atom stereocenters. The van der Waals surface area contributed by atoms with Gasteiger partial charge in [-0.25, -0.2) is 13.2 Å². The summed E-state index contributed by atoms with van der Waals surface area (Å²) in [6.45, 7) is -0.478. The molecule has 0 aliphatic rings. The Bertz CT molecular complexity index is 711. The Labute approximate surface area is 122 Å². The molecule has 110 valence electrons. The lowest BCUT2D eigenvalue weighted by molar-refractivity contribution is -0.139. The van der Waals surface area contributed by atoms with Crippen molar-refractivity contribution in [2.45, 2.75) is 4.90 Å². The SMILES string of the molecule is O=C(O)COc1ccc(S(=O)(=O)Nc2ccccc2)cc1. The number of aliphatic carboxylic acids is 1. The van der Waals surface area contributed by atoms with E-state index in [1.165, 1.54) is 24.3 Å². The van der Waals surface area contributed by atoms with Crippen LogP contribution in [0.25, 0.3) is 0 Å². The molecule has 7 heteroatoms. The highest BCUT2D eigenvalue weighted by atomic mass is 32.2. The summed E-state index contributed by atoms with van der Waals surface area (Å²) >= 11 is 0. The molecule has 0 amide bonds. The number of carboxylic acids is 1. The predicted molar refractivity (Wildman–Crippen MR) is 76.8 cm³/mol. The van der Waals surface area contributed by atoms with E-state index < -0.39 is 22.6 Å². The molecule has 2 aromatic rings. The van der Waals surface area contributed by atoms with Crippen molar-refractivity contribution in [3.8, 4) is 5.75 Å². The number of carboxylic acid groups (broad SMARTS) is 1. The first kappa shape index (κ1) is 14.9. The average Bonchev–Trinajstić information content (AvgIpc) is 2.46. The first-order valence-electron chi connectivity index (χ1n) is 6.00. The second-order valence-electron chi connectivity index (χ2n) is 4.13. The molecule has 0 radical (unpaired) electrons. The lowest BCUT2D eigenvalue weighted by atomic mass is 10.3. The number of sulfonamides is 1. The highest BCUT2D eigenvalue weighted by Crippen LogP contribution is 2.19. The minimum Gasteiger partial charge on any atom is -0.482 e. The molecule has 0 saturated heterocycles. The molecule has 0 aliphatic carbocycles. The number of hydrogen-bond donors (Lipinski definition) is 2. The minimum absolute atomic E-state index is 0.0639. The first-order chi connectivity index (χ1) is 9.97. The maximum absolute atomic E-state index is 12.1. The van der Waals surface area contributed by atoms with Gasteiger partial charge in [0.05, 0.1) is 4.90 Å². The zero-order valence-electron chi connectivity index (χ0n) is 10.9. The Balaban J connectivity index is 2.12. The molecule has 0 heterocycles. The Morgan fingerprint density at radius 3 is 2.24 bits per heavy atom. The zero-order chi connectivity index (χ0) is 15.3. The number of nitrogens with one attached hydrogen (secondary N) is 1. The molecule has 0 aliphatic heterocycles. The van der Waals surface area contributed by atoms with Gasteiger partial charge < -0.3 is 9.84 Å². The van der Waals surface area contributed by atoms with E-state index in [-0.39, 0.29) is 10.6 Å². The Hall–Kier alpha value is -2.54. The van der Waals surface area contributed by atoms with Crippen LogP contribution < -0.4 is 9.46 Å². The fraction of sp³-hybridized carbons (Fsp3) is 0.0714. The number of ether oxygens (including phenoxy) is 1. The third-order valence-corrected chi connectivity index (χ3v) is 3.92.